The van der Waals surface area contributed by atoms with Crippen LogP contribution in [0.5, 0.6) is 0 Å². The number of rotatable bonds is 9. The van der Waals surface area contributed by atoms with Gasteiger partial charge in [-0.05, 0) is 60.3 Å². The van der Waals surface area contributed by atoms with Crippen LogP contribution in [-0.2, 0) is 9.47 Å². The van der Waals surface area contributed by atoms with Crippen molar-refractivity contribution in [2.24, 2.45) is 11.7 Å². The summed E-state index contributed by atoms with van der Waals surface area (Å²) in [5, 5.41) is 0. The Morgan fingerprint density at radius 2 is 1.67 bits per heavy atom. The third-order valence-corrected chi connectivity index (χ3v) is 3.27. The highest BCUT2D eigenvalue weighted by atomic mass is 16.5. The SMILES string of the molecule is CCOC(C)C(C)CC(C)OC(C)(C)CC(C)N. The normalized spacial score (nSPS) is 19.3. The first-order chi connectivity index (χ1) is 8.18. The van der Waals surface area contributed by atoms with Crippen molar-refractivity contribution in [2.75, 3.05) is 6.61 Å². The second kappa shape index (κ2) is 8.13. The molecule has 0 aliphatic heterocycles. The maximum Gasteiger partial charge on any atom is 0.0644 e. The van der Waals surface area contributed by atoms with E-state index in [4.69, 9.17) is 15.2 Å². The van der Waals surface area contributed by atoms with E-state index < -0.39 is 0 Å². The minimum Gasteiger partial charge on any atom is -0.379 e. The zero-order chi connectivity index (χ0) is 14.3. The van der Waals surface area contributed by atoms with Gasteiger partial charge in [-0.3, -0.25) is 0 Å². The Balaban J connectivity index is 4.13. The van der Waals surface area contributed by atoms with E-state index in [1.54, 1.807) is 0 Å². The van der Waals surface area contributed by atoms with Gasteiger partial charge in [-0.2, -0.15) is 0 Å². The van der Waals surface area contributed by atoms with E-state index in [-0.39, 0.29) is 23.9 Å². The molecule has 0 saturated heterocycles. The molecule has 0 aliphatic carbocycles. The largest absolute Gasteiger partial charge is 0.379 e. The van der Waals surface area contributed by atoms with E-state index in [0.717, 1.165) is 19.4 Å². The Kier molecular flexibility index (Phi) is 8.08. The lowest BCUT2D eigenvalue weighted by molar-refractivity contribution is -0.0857. The summed E-state index contributed by atoms with van der Waals surface area (Å²) in [6.45, 7) is 15.6. The van der Waals surface area contributed by atoms with Crippen LogP contribution in [0.2, 0.25) is 0 Å². The molecule has 2 N–H and O–H groups in total. The van der Waals surface area contributed by atoms with Crippen molar-refractivity contribution in [3.63, 3.8) is 0 Å². The molecule has 0 aliphatic rings. The average molecular weight is 259 g/mol. The lowest BCUT2D eigenvalue weighted by atomic mass is 9.96. The molecule has 18 heavy (non-hydrogen) atoms. The monoisotopic (exact) mass is 259 g/mol. The lowest BCUT2D eigenvalue weighted by Gasteiger charge is -2.32. The molecule has 0 aromatic carbocycles. The summed E-state index contributed by atoms with van der Waals surface area (Å²) in [6, 6.07) is 0.173. The van der Waals surface area contributed by atoms with Gasteiger partial charge in [0.05, 0.1) is 17.8 Å². The first kappa shape index (κ1) is 17.9. The van der Waals surface area contributed by atoms with Gasteiger partial charge in [0, 0.05) is 12.6 Å². The van der Waals surface area contributed by atoms with Crippen molar-refractivity contribution < 1.29 is 9.47 Å². The second-order valence-electron chi connectivity index (χ2n) is 6.24. The van der Waals surface area contributed by atoms with Crippen molar-refractivity contribution in [2.45, 2.75) is 85.2 Å². The van der Waals surface area contributed by atoms with Gasteiger partial charge in [0.2, 0.25) is 0 Å². The van der Waals surface area contributed by atoms with Gasteiger partial charge in [-0.15, -0.1) is 0 Å². The molecular weight excluding hydrogens is 226 g/mol. The predicted molar refractivity (Wildman–Crippen MR) is 77.8 cm³/mol. The van der Waals surface area contributed by atoms with E-state index in [1.165, 1.54) is 0 Å². The first-order valence-electron chi connectivity index (χ1n) is 7.23. The minimum absolute atomic E-state index is 0.151. The van der Waals surface area contributed by atoms with Crippen LogP contribution < -0.4 is 5.73 Å². The van der Waals surface area contributed by atoms with Crippen LogP contribution in [0.3, 0.4) is 0 Å². The van der Waals surface area contributed by atoms with E-state index in [1.807, 2.05) is 13.8 Å². The molecule has 3 heteroatoms. The van der Waals surface area contributed by atoms with Gasteiger partial charge in [-0.25, -0.2) is 0 Å². The average Bonchev–Trinajstić information content (AvgIpc) is 2.13. The molecule has 0 radical (unpaired) electrons. The predicted octanol–water partition coefficient (Wildman–Crippen LogP) is 3.36. The molecular formula is C15H33NO2. The molecule has 0 aromatic rings. The Bertz CT molecular complexity index is 217. The van der Waals surface area contributed by atoms with Crippen molar-refractivity contribution in [1.29, 1.82) is 0 Å². The molecule has 3 nitrogen and oxygen atoms in total. The fourth-order valence-electron chi connectivity index (χ4n) is 2.56. The van der Waals surface area contributed by atoms with Crippen LogP contribution in [0.4, 0.5) is 0 Å². The Morgan fingerprint density at radius 3 is 2.11 bits per heavy atom. The van der Waals surface area contributed by atoms with Gasteiger partial charge in [-0.1, -0.05) is 6.92 Å². The zero-order valence-electron chi connectivity index (χ0n) is 13.3. The Hall–Kier alpha value is -0.120. The standard InChI is InChI=1S/C15H33NO2/c1-8-17-14(5)11(2)9-13(4)18-15(6,7)10-12(3)16/h11-14H,8-10,16H2,1-7H3. The maximum absolute atomic E-state index is 6.11. The molecule has 4 unspecified atom stereocenters. The van der Waals surface area contributed by atoms with Crippen LogP contribution in [-0.4, -0.2) is 30.5 Å². The molecule has 0 spiro atoms. The van der Waals surface area contributed by atoms with Gasteiger partial charge in [0.25, 0.3) is 0 Å². The number of nitrogens with two attached hydrogens (primary N) is 1. The molecule has 0 fully saturated rings. The third-order valence-electron chi connectivity index (χ3n) is 3.27. The van der Waals surface area contributed by atoms with Gasteiger partial charge < -0.3 is 15.2 Å². The van der Waals surface area contributed by atoms with Crippen LogP contribution in [0.15, 0.2) is 0 Å². The summed E-state index contributed by atoms with van der Waals surface area (Å²) in [4.78, 5) is 0. The molecule has 4 atom stereocenters. The fourth-order valence-corrected chi connectivity index (χ4v) is 2.56. The van der Waals surface area contributed by atoms with Crippen molar-refractivity contribution in [1.82, 2.24) is 0 Å². The first-order valence-corrected chi connectivity index (χ1v) is 7.23. The van der Waals surface area contributed by atoms with E-state index in [0.29, 0.717) is 5.92 Å². The number of ether oxygens (including phenoxy) is 2. The van der Waals surface area contributed by atoms with Crippen molar-refractivity contribution in [3.8, 4) is 0 Å². The number of hydrogen-bond acceptors (Lipinski definition) is 3. The molecule has 110 valence electrons. The molecule has 0 heterocycles. The van der Waals surface area contributed by atoms with E-state index in [2.05, 4.69) is 34.6 Å². The quantitative estimate of drug-likeness (QED) is 0.690. The smallest absolute Gasteiger partial charge is 0.0644 e. The molecule has 0 bridgehead atoms. The molecule has 0 rings (SSSR count). The summed E-state index contributed by atoms with van der Waals surface area (Å²) >= 11 is 0. The topological polar surface area (TPSA) is 44.5 Å². The summed E-state index contributed by atoms with van der Waals surface area (Å²) in [5.74, 6) is 0.506. The summed E-state index contributed by atoms with van der Waals surface area (Å²) in [7, 11) is 0. The highest BCUT2D eigenvalue weighted by molar-refractivity contribution is 4.76. The fraction of sp³-hybridized carbons (Fsp3) is 1.00. The Labute approximate surface area is 113 Å². The third kappa shape index (κ3) is 8.06. The summed E-state index contributed by atoms with van der Waals surface area (Å²) in [5.41, 5.74) is 5.69. The lowest BCUT2D eigenvalue weighted by Crippen LogP contribution is -2.36. The van der Waals surface area contributed by atoms with Crippen LogP contribution in [0.1, 0.15) is 61.3 Å². The summed E-state index contributed by atoms with van der Waals surface area (Å²) < 4.78 is 11.7. The highest BCUT2D eigenvalue weighted by Gasteiger charge is 2.25. The molecule has 0 saturated carbocycles. The maximum atomic E-state index is 6.11. The van der Waals surface area contributed by atoms with Crippen LogP contribution in [0, 0.1) is 5.92 Å². The molecule has 0 aromatic heterocycles. The zero-order valence-corrected chi connectivity index (χ0v) is 13.3. The molecule has 0 amide bonds. The van der Waals surface area contributed by atoms with Gasteiger partial charge >= 0.3 is 0 Å². The number of hydrogen-bond donors (Lipinski definition) is 1. The van der Waals surface area contributed by atoms with Gasteiger partial charge in [0.15, 0.2) is 0 Å². The van der Waals surface area contributed by atoms with Crippen molar-refractivity contribution >= 4 is 0 Å². The van der Waals surface area contributed by atoms with Gasteiger partial charge in [0.1, 0.15) is 0 Å². The highest BCUT2D eigenvalue weighted by Crippen LogP contribution is 2.23. The van der Waals surface area contributed by atoms with Crippen molar-refractivity contribution in [3.05, 3.63) is 0 Å². The summed E-state index contributed by atoms with van der Waals surface area (Å²) in [6.07, 6.45) is 2.42. The Morgan fingerprint density at radius 1 is 1.11 bits per heavy atom. The van der Waals surface area contributed by atoms with E-state index in [9.17, 15) is 0 Å². The van der Waals surface area contributed by atoms with E-state index >= 15 is 0 Å². The van der Waals surface area contributed by atoms with Crippen LogP contribution >= 0.6 is 0 Å². The van der Waals surface area contributed by atoms with Crippen LogP contribution in [0.25, 0.3) is 0 Å². The minimum atomic E-state index is -0.151. The second-order valence-corrected chi connectivity index (χ2v) is 6.24.